The Hall–Kier alpha value is -1.75. The normalized spacial score (nSPS) is 23.9. The number of fused-ring (bicyclic) bond motifs is 1. The molecule has 2 aliphatic heterocycles. The molecule has 3 rings (SSSR count). The minimum Gasteiger partial charge on any atom is -0.381 e. The van der Waals surface area contributed by atoms with Gasteiger partial charge in [-0.15, -0.1) is 0 Å². The van der Waals surface area contributed by atoms with E-state index in [4.69, 9.17) is 4.74 Å². The van der Waals surface area contributed by atoms with Crippen LogP contribution in [0.1, 0.15) is 19.8 Å². The summed E-state index contributed by atoms with van der Waals surface area (Å²) in [5, 5.41) is 6.67. The summed E-state index contributed by atoms with van der Waals surface area (Å²) in [6, 6.07) is 7.78. The quantitative estimate of drug-likeness (QED) is 0.889. The van der Waals surface area contributed by atoms with Crippen LogP contribution in [0.3, 0.4) is 0 Å². The highest BCUT2D eigenvalue weighted by atomic mass is 16.5. The molecule has 2 unspecified atom stereocenters. The number of likely N-dealkylation sites (N-methyl/N-ethyl adjacent to an activating group) is 1. The number of amides is 1. The van der Waals surface area contributed by atoms with E-state index in [2.05, 4.69) is 10.6 Å². The molecule has 5 nitrogen and oxygen atoms in total. The summed E-state index contributed by atoms with van der Waals surface area (Å²) in [7, 11) is 0. The molecule has 0 bridgehead atoms. The van der Waals surface area contributed by atoms with Gasteiger partial charge in [0.05, 0.1) is 17.5 Å². The lowest BCUT2D eigenvalue weighted by Gasteiger charge is -2.32. The molecule has 2 N–H and O–H groups in total. The molecular weight excluding hydrogens is 266 g/mol. The van der Waals surface area contributed by atoms with Crippen LogP contribution in [0.4, 0.5) is 11.4 Å². The third kappa shape index (κ3) is 3.13. The van der Waals surface area contributed by atoms with E-state index >= 15 is 0 Å². The van der Waals surface area contributed by atoms with E-state index in [1.165, 1.54) is 0 Å². The third-order valence-corrected chi connectivity index (χ3v) is 4.19. The molecule has 0 aromatic heterocycles. The van der Waals surface area contributed by atoms with E-state index in [9.17, 15) is 4.79 Å². The molecule has 1 aromatic carbocycles. The zero-order chi connectivity index (χ0) is 14.7. The molecule has 5 heteroatoms. The first-order valence-electron chi connectivity index (χ1n) is 7.77. The van der Waals surface area contributed by atoms with Crippen LogP contribution in [0, 0.1) is 0 Å². The smallest absolute Gasteiger partial charge is 0.246 e. The second-order valence-corrected chi connectivity index (χ2v) is 5.64. The summed E-state index contributed by atoms with van der Waals surface area (Å²) in [5.41, 5.74) is 2.05. The minimum atomic E-state index is -0.207. The Morgan fingerprint density at radius 1 is 1.38 bits per heavy atom. The number of nitrogens with one attached hydrogen (secondary N) is 2. The van der Waals surface area contributed by atoms with Crippen LogP contribution in [0.15, 0.2) is 24.3 Å². The van der Waals surface area contributed by atoms with Crippen LogP contribution in [0.25, 0.3) is 0 Å². The Balaban J connectivity index is 1.64. The Morgan fingerprint density at radius 2 is 2.19 bits per heavy atom. The second-order valence-electron chi connectivity index (χ2n) is 5.64. The number of para-hydroxylation sites is 2. The number of carbonyl (C=O) groups is 1. The van der Waals surface area contributed by atoms with Crippen LogP contribution < -0.4 is 10.6 Å². The summed E-state index contributed by atoms with van der Waals surface area (Å²) in [4.78, 5) is 14.6. The lowest BCUT2D eigenvalue weighted by atomic mass is 10.1. The summed E-state index contributed by atoms with van der Waals surface area (Å²) >= 11 is 0. The lowest BCUT2D eigenvalue weighted by Crippen LogP contribution is -2.49. The maximum atomic E-state index is 12.7. The van der Waals surface area contributed by atoms with E-state index < -0.39 is 0 Å². The van der Waals surface area contributed by atoms with Crippen LogP contribution in [0.2, 0.25) is 0 Å². The van der Waals surface area contributed by atoms with E-state index in [1.54, 1.807) is 0 Å². The van der Waals surface area contributed by atoms with Crippen molar-refractivity contribution < 1.29 is 9.53 Å². The molecule has 0 radical (unpaired) electrons. The van der Waals surface area contributed by atoms with Gasteiger partial charge in [-0.05, 0) is 31.9 Å². The molecule has 0 saturated carbocycles. The third-order valence-electron chi connectivity index (χ3n) is 4.19. The van der Waals surface area contributed by atoms with E-state index in [-0.39, 0.29) is 18.1 Å². The van der Waals surface area contributed by atoms with Gasteiger partial charge in [0.1, 0.15) is 6.04 Å². The van der Waals surface area contributed by atoms with Crippen LogP contribution in [0.5, 0.6) is 0 Å². The number of benzene rings is 1. The van der Waals surface area contributed by atoms with Gasteiger partial charge in [-0.1, -0.05) is 12.1 Å². The molecule has 2 heterocycles. The lowest BCUT2D eigenvalue weighted by molar-refractivity contribution is -0.133. The maximum Gasteiger partial charge on any atom is 0.246 e. The first-order chi connectivity index (χ1) is 10.3. The fourth-order valence-electron chi connectivity index (χ4n) is 2.99. The number of anilines is 2. The Bertz CT molecular complexity index is 500. The van der Waals surface area contributed by atoms with E-state index in [1.807, 2.05) is 36.1 Å². The Labute approximate surface area is 125 Å². The van der Waals surface area contributed by atoms with Crippen molar-refractivity contribution in [3.8, 4) is 0 Å². The molecule has 0 spiro atoms. The zero-order valence-corrected chi connectivity index (χ0v) is 12.5. The van der Waals surface area contributed by atoms with Crippen molar-refractivity contribution in [3.05, 3.63) is 24.3 Å². The largest absolute Gasteiger partial charge is 0.381 e. The van der Waals surface area contributed by atoms with Gasteiger partial charge in [0, 0.05) is 26.2 Å². The topological polar surface area (TPSA) is 53.6 Å². The molecular formula is C16H23N3O2. The highest BCUT2D eigenvalue weighted by molar-refractivity contribution is 5.88. The second kappa shape index (κ2) is 6.35. The highest BCUT2D eigenvalue weighted by Crippen LogP contribution is 2.26. The fraction of sp³-hybridized carbons (Fsp3) is 0.562. The number of rotatable bonds is 4. The number of carbonyl (C=O) groups excluding carboxylic acids is 1. The van der Waals surface area contributed by atoms with Crippen molar-refractivity contribution in [2.24, 2.45) is 0 Å². The van der Waals surface area contributed by atoms with Crippen LogP contribution in [-0.2, 0) is 9.53 Å². The van der Waals surface area contributed by atoms with Crippen LogP contribution in [-0.4, -0.2) is 49.2 Å². The molecule has 114 valence electrons. The number of ether oxygens (including phenoxy) is 1. The molecule has 1 amide bonds. The zero-order valence-electron chi connectivity index (χ0n) is 12.5. The average molecular weight is 289 g/mol. The van der Waals surface area contributed by atoms with E-state index in [0.29, 0.717) is 13.1 Å². The van der Waals surface area contributed by atoms with Gasteiger partial charge in [-0.2, -0.15) is 0 Å². The van der Waals surface area contributed by atoms with Crippen molar-refractivity contribution in [1.29, 1.82) is 0 Å². The van der Waals surface area contributed by atoms with Gasteiger partial charge in [0.25, 0.3) is 0 Å². The fourth-order valence-corrected chi connectivity index (χ4v) is 2.99. The first-order valence-corrected chi connectivity index (χ1v) is 7.77. The van der Waals surface area contributed by atoms with Crippen molar-refractivity contribution in [2.75, 3.05) is 36.9 Å². The SMILES string of the molecule is CCN(CC1CCCO1)C(=O)C1CNc2ccccc2N1. The molecule has 21 heavy (non-hydrogen) atoms. The maximum absolute atomic E-state index is 12.7. The Kier molecular flexibility index (Phi) is 4.29. The molecule has 1 saturated heterocycles. The minimum absolute atomic E-state index is 0.148. The molecule has 0 aliphatic carbocycles. The van der Waals surface area contributed by atoms with Crippen LogP contribution >= 0.6 is 0 Å². The number of hydrogen-bond donors (Lipinski definition) is 2. The van der Waals surface area contributed by atoms with Crippen molar-refractivity contribution in [1.82, 2.24) is 4.90 Å². The standard InChI is InChI=1S/C16H23N3O2/c1-2-19(11-12-6-5-9-21-12)16(20)15-10-17-13-7-3-4-8-14(13)18-15/h3-4,7-8,12,15,17-18H,2,5-6,9-11H2,1H3. The number of nitrogens with zero attached hydrogens (tertiary/aromatic N) is 1. The average Bonchev–Trinajstić information content (AvgIpc) is 3.04. The van der Waals surface area contributed by atoms with E-state index in [0.717, 1.165) is 37.4 Å². The Morgan fingerprint density at radius 3 is 2.90 bits per heavy atom. The van der Waals surface area contributed by atoms with Gasteiger partial charge in [0.2, 0.25) is 5.91 Å². The van der Waals surface area contributed by atoms with Gasteiger partial charge < -0.3 is 20.3 Å². The molecule has 1 aromatic rings. The van der Waals surface area contributed by atoms with Gasteiger partial charge in [-0.3, -0.25) is 4.79 Å². The molecule has 1 fully saturated rings. The molecule has 2 aliphatic rings. The predicted octanol–water partition coefficient (Wildman–Crippen LogP) is 1.92. The summed E-state index contributed by atoms with van der Waals surface area (Å²) in [6.07, 6.45) is 2.37. The van der Waals surface area contributed by atoms with Gasteiger partial charge in [-0.25, -0.2) is 0 Å². The van der Waals surface area contributed by atoms with Crippen molar-refractivity contribution >= 4 is 17.3 Å². The summed E-state index contributed by atoms with van der Waals surface area (Å²) < 4.78 is 5.65. The molecule has 2 atom stereocenters. The monoisotopic (exact) mass is 289 g/mol. The van der Waals surface area contributed by atoms with Gasteiger partial charge >= 0.3 is 0 Å². The highest BCUT2D eigenvalue weighted by Gasteiger charge is 2.29. The number of hydrogen-bond acceptors (Lipinski definition) is 4. The predicted molar refractivity (Wildman–Crippen MR) is 83.6 cm³/mol. The summed E-state index contributed by atoms with van der Waals surface area (Å²) in [5.74, 6) is 0.148. The van der Waals surface area contributed by atoms with Crippen molar-refractivity contribution in [3.63, 3.8) is 0 Å². The first kappa shape index (κ1) is 14.2. The van der Waals surface area contributed by atoms with Crippen molar-refractivity contribution in [2.45, 2.75) is 31.9 Å². The summed E-state index contributed by atoms with van der Waals surface area (Å²) in [6.45, 7) is 4.90. The van der Waals surface area contributed by atoms with Gasteiger partial charge in [0.15, 0.2) is 0 Å².